The van der Waals surface area contributed by atoms with Crippen molar-refractivity contribution in [2.45, 2.75) is 12.5 Å². The lowest BCUT2D eigenvalue weighted by Crippen LogP contribution is -2.42. The van der Waals surface area contributed by atoms with Crippen LogP contribution in [0.3, 0.4) is 0 Å². The van der Waals surface area contributed by atoms with E-state index in [2.05, 4.69) is 15.1 Å². The van der Waals surface area contributed by atoms with Gasteiger partial charge in [-0.1, -0.05) is 18.2 Å². The molecule has 1 N–H and O–H groups in total. The van der Waals surface area contributed by atoms with Crippen LogP contribution in [0, 0.1) is 5.82 Å². The Bertz CT molecular complexity index is 807. The van der Waals surface area contributed by atoms with Crippen LogP contribution in [-0.2, 0) is 4.74 Å². The van der Waals surface area contributed by atoms with Crippen molar-refractivity contribution in [1.82, 2.24) is 15.1 Å². The summed E-state index contributed by atoms with van der Waals surface area (Å²) in [6.07, 6.45) is 0.967. The van der Waals surface area contributed by atoms with E-state index in [1.54, 1.807) is 18.2 Å². The quantitative estimate of drug-likeness (QED) is 0.875. The van der Waals surface area contributed by atoms with Crippen molar-refractivity contribution in [2.75, 3.05) is 52.5 Å². The number of carbonyl (C=O) groups is 1. The van der Waals surface area contributed by atoms with Crippen LogP contribution in [0.2, 0.25) is 0 Å². The molecule has 2 aliphatic heterocycles. The van der Waals surface area contributed by atoms with Crippen LogP contribution >= 0.6 is 0 Å². The lowest BCUT2D eigenvalue weighted by molar-refractivity contribution is 0.0343. The summed E-state index contributed by atoms with van der Waals surface area (Å²) in [5, 5.41) is 4.70. The van der Waals surface area contributed by atoms with E-state index >= 15 is 0 Å². The number of likely N-dealkylation sites (tertiary alicyclic amines) is 1. The fourth-order valence-electron chi connectivity index (χ4n) is 3.98. The van der Waals surface area contributed by atoms with E-state index in [4.69, 9.17) is 4.74 Å². The van der Waals surface area contributed by atoms with Gasteiger partial charge in [0.2, 0.25) is 0 Å². The van der Waals surface area contributed by atoms with E-state index in [0.29, 0.717) is 5.56 Å². The number of hydrogen-bond donors (Lipinski definition) is 1. The van der Waals surface area contributed by atoms with Crippen molar-refractivity contribution in [3.8, 4) is 0 Å². The van der Waals surface area contributed by atoms with Crippen molar-refractivity contribution < 1.29 is 13.9 Å². The molecule has 0 bridgehead atoms. The summed E-state index contributed by atoms with van der Waals surface area (Å²) in [6.45, 7) is 7.65. The predicted octanol–water partition coefficient (Wildman–Crippen LogP) is 2.12. The number of amides is 1. The third kappa shape index (κ3) is 4.46. The SMILES string of the molecule is O=C(NC1CCN(CCN2CCOCC2)C1)c1cccc2cc(F)ccc12. The zero-order valence-corrected chi connectivity index (χ0v) is 15.5. The summed E-state index contributed by atoms with van der Waals surface area (Å²) in [4.78, 5) is 17.6. The van der Waals surface area contributed by atoms with Crippen molar-refractivity contribution in [1.29, 1.82) is 0 Å². The highest BCUT2D eigenvalue weighted by molar-refractivity contribution is 6.07. The number of fused-ring (bicyclic) bond motifs is 1. The molecule has 0 spiro atoms. The number of ether oxygens (including phenoxy) is 1. The van der Waals surface area contributed by atoms with Crippen molar-refractivity contribution in [3.63, 3.8) is 0 Å². The van der Waals surface area contributed by atoms with Crippen LogP contribution in [0.5, 0.6) is 0 Å². The van der Waals surface area contributed by atoms with E-state index in [0.717, 1.165) is 69.7 Å². The first-order valence-corrected chi connectivity index (χ1v) is 9.71. The Morgan fingerprint density at radius 2 is 1.93 bits per heavy atom. The zero-order chi connectivity index (χ0) is 18.6. The van der Waals surface area contributed by atoms with E-state index in [-0.39, 0.29) is 17.8 Å². The Balaban J connectivity index is 1.32. The predicted molar refractivity (Wildman–Crippen MR) is 103 cm³/mol. The summed E-state index contributed by atoms with van der Waals surface area (Å²) < 4.78 is 18.8. The van der Waals surface area contributed by atoms with Gasteiger partial charge < -0.3 is 10.1 Å². The van der Waals surface area contributed by atoms with Gasteiger partial charge in [0.05, 0.1) is 13.2 Å². The van der Waals surface area contributed by atoms with E-state index in [1.165, 1.54) is 12.1 Å². The second-order valence-electron chi connectivity index (χ2n) is 7.38. The molecule has 6 heteroatoms. The fraction of sp³-hybridized carbons (Fsp3) is 0.476. The Morgan fingerprint density at radius 3 is 2.78 bits per heavy atom. The molecule has 2 aromatic carbocycles. The lowest BCUT2D eigenvalue weighted by atomic mass is 10.0. The summed E-state index contributed by atoms with van der Waals surface area (Å²) in [7, 11) is 0. The van der Waals surface area contributed by atoms with Crippen LogP contribution in [0.15, 0.2) is 36.4 Å². The maximum Gasteiger partial charge on any atom is 0.252 e. The zero-order valence-electron chi connectivity index (χ0n) is 15.5. The number of carbonyl (C=O) groups excluding carboxylic acids is 1. The first kappa shape index (κ1) is 18.3. The molecule has 1 unspecified atom stereocenters. The van der Waals surface area contributed by atoms with Crippen molar-refractivity contribution >= 4 is 16.7 Å². The molecule has 2 heterocycles. The van der Waals surface area contributed by atoms with Gasteiger partial charge in [-0.3, -0.25) is 14.6 Å². The molecule has 0 saturated carbocycles. The van der Waals surface area contributed by atoms with Gasteiger partial charge in [-0.15, -0.1) is 0 Å². The number of nitrogens with zero attached hydrogens (tertiary/aromatic N) is 2. The largest absolute Gasteiger partial charge is 0.379 e. The van der Waals surface area contributed by atoms with Gasteiger partial charge >= 0.3 is 0 Å². The molecule has 0 aliphatic carbocycles. The number of benzene rings is 2. The monoisotopic (exact) mass is 371 g/mol. The maximum atomic E-state index is 13.4. The van der Waals surface area contributed by atoms with E-state index < -0.39 is 0 Å². The number of halogens is 1. The molecule has 2 aliphatic rings. The number of morpholine rings is 1. The van der Waals surface area contributed by atoms with Gasteiger partial charge in [0.1, 0.15) is 5.82 Å². The van der Waals surface area contributed by atoms with Gasteiger partial charge in [0.15, 0.2) is 0 Å². The molecule has 1 amide bonds. The molecule has 4 rings (SSSR count). The third-order valence-electron chi connectivity index (χ3n) is 5.53. The van der Waals surface area contributed by atoms with Gasteiger partial charge in [-0.05, 0) is 35.4 Å². The molecule has 0 radical (unpaired) electrons. The highest BCUT2D eigenvalue weighted by Crippen LogP contribution is 2.20. The van der Waals surface area contributed by atoms with Crippen LogP contribution in [0.1, 0.15) is 16.8 Å². The molecule has 2 aromatic rings. The normalized spacial score (nSPS) is 21.6. The fourth-order valence-corrected chi connectivity index (χ4v) is 3.98. The molecule has 5 nitrogen and oxygen atoms in total. The smallest absolute Gasteiger partial charge is 0.252 e. The number of hydrogen-bond acceptors (Lipinski definition) is 4. The van der Waals surface area contributed by atoms with Crippen LogP contribution in [0.4, 0.5) is 4.39 Å². The van der Waals surface area contributed by atoms with Crippen molar-refractivity contribution in [2.24, 2.45) is 0 Å². The standard InChI is InChI=1S/C21H26FN3O2/c22-17-4-5-19-16(14-17)2-1-3-20(19)21(26)23-18-6-7-25(15-18)9-8-24-10-12-27-13-11-24/h1-5,14,18H,6-13,15H2,(H,23,26). The summed E-state index contributed by atoms with van der Waals surface area (Å²) in [6, 6.07) is 10.2. The first-order valence-electron chi connectivity index (χ1n) is 9.71. The number of nitrogens with one attached hydrogen (secondary N) is 1. The van der Waals surface area contributed by atoms with Gasteiger partial charge in [0, 0.05) is 50.9 Å². The summed E-state index contributed by atoms with van der Waals surface area (Å²) in [5.41, 5.74) is 0.610. The Kier molecular flexibility index (Phi) is 5.66. The first-order chi connectivity index (χ1) is 13.2. The minimum absolute atomic E-state index is 0.0766. The maximum absolute atomic E-state index is 13.4. The average molecular weight is 371 g/mol. The molecule has 144 valence electrons. The summed E-state index contributed by atoms with van der Waals surface area (Å²) in [5.74, 6) is -0.362. The van der Waals surface area contributed by atoms with Crippen LogP contribution < -0.4 is 5.32 Å². The molecule has 2 saturated heterocycles. The topological polar surface area (TPSA) is 44.8 Å². The molecular weight excluding hydrogens is 345 g/mol. The van der Waals surface area contributed by atoms with Crippen molar-refractivity contribution in [3.05, 3.63) is 47.8 Å². The minimum Gasteiger partial charge on any atom is -0.379 e. The second kappa shape index (κ2) is 8.33. The molecule has 27 heavy (non-hydrogen) atoms. The Hall–Kier alpha value is -2.02. The highest BCUT2D eigenvalue weighted by Gasteiger charge is 2.25. The van der Waals surface area contributed by atoms with E-state index in [9.17, 15) is 9.18 Å². The second-order valence-corrected chi connectivity index (χ2v) is 7.38. The Morgan fingerprint density at radius 1 is 1.11 bits per heavy atom. The third-order valence-corrected chi connectivity index (χ3v) is 5.53. The molecular formula is C21H26FN3O2. The van der Waals surface area contributed by atoms with Crippen LogP contribution in [-0.4, -0.2) is 74.2 Å². The van der Waals surface area contributed by atoms with E-state index in [1.807, 2.05) is 6.07 Å². The Labute approximate surface area is 159 Å². The van der Waals surface area contributed by atoms with Gasteiger partial charge in [-0.25, -0.2) is 4.39 Å². The average Bonchev–Trinajstić information content (AvgIpc) is 3.13. The minimum atomic E-state index is -0.285. The van der Waals surface area contributed by atoms with Gasteiger partial charge in [-0.2, -0.15) is 0 Å². The molecule has 2 fully saturated rings. The number of rotatable bonds is 5. The molecule has 1 atom stereocenters. The van der Waals surface area contributed by atoms with Gasteiger partial charge in [0.25, 0.3) is 5.91 Å². The lowest BCUT2D eigenvalue weighted by Gasteiger charge is -2.28. The highest BCUT2D eigenvalue weighted by atomic mass is 19.1. The summed E-state index contributed by atoms with van der Waals surface area (Å²) >= 11 is 0. The molecule has 0 aromatic heterocycles. The van der Waals surface area contributed by atoms with Crippen LogP contribution in [0.25, 0.3) is 10.8 Å².